The third-order valence-corrected chi connectivity index (χ3v) is 6.31. The number of fused-ring (bicyclic) bond motifs is 1. The van der Waals surface area contributed by atoms with Gasteiger partial charge in [-0.25, -0.2) is 12.7 Å². The molecule has 2 aliphatic heterocycles. The topological polar surface area (TPSA) is 60.9 Å². The quantitative estimate of drug-likeness (QED) is 0.780. The van der Waals surface area contributed by atoms with Gasteiger partial charge in [-0.15, -0.1) is 0 Å². The van der Waals surface area contributed by atoms with Crippen LogP contribution in [-0.2, 0) is 27.8 Å². The number of amides is 1. The van der Waals surface area contributed by atoms with Crippen molar-refractivity contribution in [2.75, 3.05) is 39.5 Å². The SMILES string of the molecule is CN1Cc2ccccc2CC1C(=O)N1CCCN(S(C)(=O)=O)CC1. The zero-order valence-corrected chi connectivity index (χ0v) is 15.1. The molecule has 0 aromatic heterocycles. The van der Waals surface area contributed by atoms with Crippen molar-refractivity contribution in [3.63, 3.8) is 0 Å². The van der Waals surface area contributed by atoms with Crippen LogP contribution >= 0.6 is 0 Å². The van der Waals surface area contributed by atoms with Gasteiger partial charge >= 0.3 is 0 Å². The van der Waals surface area contributed by atoms with Crippen LogP contribution in [0.2, 0.25) is 0 Å². The van der Waals surface area contributed by atoms with Crippen molar-refractivity contribution in [1.82, 2.24) is 14.1 Å². The number of sulfonamides is 1. The Morgan fingerprint density at radius 3 is 2.50 bits per heavy atom. The number of hydrogen-bond acceptors (Lipinski definition) is 4. The molecule has 0 bridgehead atoms. The van der Waals surface area contributed by atoms with Gasteiger partial charge in [0.1, 0.15) is 0 Å². The number of rotatable bonds is 2. The Balaban J connectivity index is 1.70. The summed E-state index contributed by atoms with van der Waals surface area (Å²) in [5.74, 6) is 0.113. The van der Waals surface area contributed by atoms with Crippen molar-refractivity contribution in [3.8, 4) is 0 Å². The van der Waals surface area contributed by atoms with E-state index >= 15 is 0 Å². The summed E-state index contributed by atoms with van der Waals surface area (Å²) in [6.45, 7) is 2.74. The number of nitrogens with zero attached hydrogens (tertiary/aromatic N) is 3. The van der Waals surface area contributed by atoms with Crippen molar-refractivity contribution in [3.05, 3.63) is 35.4 Å². The van der Waals surface area contributed by atoms with Crippen LogP contribution in [0, 0.1) is 0 Å². The molecule has 0 saturated carbocycles. The van der Waals surface area contributed by atoms with Crippen LogP contribution in [0.4, 0.5) is 0 Å². The highest BCUT2D eigenvalue weighted by atomic mass is 32.2. The normalized spacial score (nSPS) is 23.6. The molecule has 0 aliphatic carbocycles. The minimum atomic E-state index is -3.19. The first-order valence-electron chi connectivity index (χ1n) is 8.37. The summed E-state index contributed by atoms with van der Waals surface area (Å²) in [5, 5.41) is 0. The molecule has 2 heterocycles. The number of carbonyl (C=O) groups excluding carboxylic acids is 1. The molecule has 7 heteroatoms. The molecule has 1 atom stereocenters. The number of carbonyl (C=O) groups is 1. The van der Waals surface area contributed by atoms with E-state index in [-0.39, 0.29) is 11.9 Å². The Bertz CT molecular complexity index is 720. The molecule has 0 radical (unpaired) electrons. The van der Waals surface area contributed by atoms with E-state index in [0.717, 1.165) is 13.0 Å². The molecular weight excluding hydrogens is 326 g/mol. The minimum Gasteiger partial charge on any atom is -0.340 e. The van der Waals surface area contributed by atoms with Gasteiger partial charge in [0, 0.05) is 32.7 Å². The van der Waals surface area contributed by atoms with E-state index in [2.05, 4.69) is 17.0 Å². The van der Waals surface area contributed by atoms with Gasteiger partial charge in [-0.05, 0) is 31.0 Å². The van der Waals surface area contributed by atoms with E-state index in [1.54, 1.807) is 0 Å². The Labute approximate surface area is 144 Å². The lowest BCUT2D eigenvalue weighted by molar-refractivity contribution is -0.136. The average molecular weight is 351 g/mol. The van der Waals surface area contributed by atoms with Gasteiger partial charge in [-0.3, -0.25) is 9.69 Å². The van der Waals surface area contributed by atoms with Crippen molar-refractivity contribution in [2.24, 2.45) is 0 Å². The highest BCUT2D eigenvalue weighted by molar-refractivity contribution is 7.88. The molecule has 1 fully saturated rings. The lowest BCUT2D eigenvalue weighted by Gasteiger charge is -2.36. The number of hydrogen-bond donors (Lipinski definition) is 0. The third kappa shape index (κ3) is 3.63. The Morgan fingerprint density at radius 1 is 1.08 bits per heavy atom. The molecule has 1 aromatic carbocycles. The summed E-state index contributed by atoms with van der Waals surface area (Å²) in [7, 11) is -1.20. The van der Waals surface area contributed by atoms with E-state index in [1.165, 1.54) is 21.7 Å². The van der Waals surface area contributed by atoms with Crippen molar-refractivity contribution >= 4 is 15.9 Å². The van der Waals surface area contributed by atoms with Gasteiger partial charge in [0.25, 0.3) is 0 Å². The number of benzene rings is 1. The predicted molar refractivity (Wildman–Crippen MR) is 93.0 cm³/mol. The Kier molecular flexibility index (Phi) is 4.94. The van der Waals surface area contributed by atoms with Crippen LogP contribution in [0.3, 0.4) is 0 Å². The number of likely N-dealkylation sites (N-methyl/N-ethyl adjacent to an activating group) is 1. The van der Waals surface area contributed by atoms with Crippen LogP contribution in [0.15, 0.2) is 24.3 Å². The molecule has 3 rings (SSSR count). The largest absolute Gasteiger partial charge is 0.340 e. The first kappa shape index (κ1) is 17.4. The first-order valence-corrected chi connectivity index (χ1v) is 10.2. The van der Waals surface area contributed by atoms with Crippen LogP contribution in [0.5, 0.6) is 0 Å². The van der Waals surface area contributed by atoms with E-state index in [0.29, 0.717) is 32.6 Å². The summed E-state index contributed by atoms with van der Waals surface area (Å²) in [4.78, 5) is 16.9. The summed E-state index contributed by atoms with van der Waals surface area (Å²) < 4.78 is 24.9. The minimum absolute atomic E-state index is 0.113. The fraction of sp³-hybridized carbons (Fsp3) is 0.588. The van der Waals surface area contributed by atoms with Gasteiger partial charge in [0.15, 0.2) is 0 Å². The van der Waals surface area contributed by atoms with Crippen LogP contribution in [-0.4, -0.2) is 74.0 Å². The maximum Gasteiger partial charge on any atom is 0.240 e. The smallest absolute Gasteiger partial charge is 0.240 e. The Hall–Kier alpha value is -1.44. The Morgan fingerprint density at radius 2 is 1.79 bits per heavy atom. The second-order valence-electron chi connectivity index (χ2n) is 6.74. The van der Waals surface area contributed by atoms with Gasteiger partial charge in [-0.1, -0.05) is 24.3 Å². The van der Waals surface area contributed by atoms with Crippen LogP contribution in [0.25, 0.3) is 0 Å². The van der Waals surface area contributed by atoms with Crippen molar-refractivity contribution in [1.29, 1.82) is 0 Å². The molecule has 6 nitrogen and oxygen atoms in total. The summed E-state index contributed by atoms with van der Waals surface area (Å²) >= 11 is 0. The van der Waals surface area contributed by atoms with Crippen molar-refractivity contribution < 1.29 is 13.2 Å². The lowest BCUT2D eigenvalue weighted by atomic mass is 9.93. The van der Waals surface area contributed by atoms with E-state index in [1.807, 2.05) is 24.1 Å². The highest BCUT2D eigenvalue weighted by Crippen LogP contribution is 2.23. The molecule has 0 spiro atoms. The van der Waals surface area contributed by atoms with Gasteiger partial charge < -0.3 is 4.90 Å². The van der Waals surface area contributed by atoms with Crippen LogP contribution < -0.4 is 0 Å². The molecule has 132 valence electrons. The maximum atomic E-state index is 13.0. The van der Waals surface area contributed by atoms with Crippen LogP contribution in [0.1, 0.15) is 17.5 Å². The van der Waals surface area contributed by atoms with Gasteiger partial charge in [-0.2, -0.15) is 0 Å². The average Bonchev–Trinajstić information content (AvgIpc) is 2.79. The molecule has 24 heavy (non-hydrogen) atoms. The lowest BCUT2D eigenvalue weighted by Crippen LogP contribution is -2.51. The molecule has 1 unspecified atom stereocenters. The second-order valence-corrected chi connectivity index (χ2v) is 8.73. The second kappa shape index (κ2) is 6.82. The zero-order chi connectivity index (χ0) is 17.3. The standard InChI is InChI=1S/C17H25N3O3S/c1-18-13-15-7-4-3-6-14(15)12-16(18)17(21)19-8-5-9-20(11-10-19)24(2,22)23/h3-4,6-7,16H,5,8-13H2,1-2H3. The zero-order valence-electron chi connectivity index (χ0n) is 14.3. The van der Waals surface area contributed by atoms with E-state index in [4.69, 9.17) is 0 Å². The predicted octanol–water partition coefficient (Wildman–Crippen LogP) is 0.537. The molecule has 2 aliphatic rings. The summed E-state index contributed by atoms with van der Waals surface area (Å²) in [5.41, 5.74) is 2.52. The van der Waals surface area contributed by atoms with Gasteiger partial charge in [0.2, 0.25) is 15.9 Å². The maximum absolute atomic E-state index is 13.0. The van der Waals surface area contributed by atoms with Gasteiger partial charge in [0.05, 0.1) is 12.3 Å². The molecule has 1 saturated heterocycles. The van der Waals surface area contributed by atoms with E-state index < -0.39 is 10.0 Å². The monoisotopic (exact) mass is 351 g/mol. The molecule has 0 N–H and O–H groups in total. The summed E-state index contributed by atoms with van der Waals surface area (Å²) in [6.07, 6.45) is 2.64. The highest BCUT2D eigenvalue weighted by Gasteiger charge is 2.33. The fourth-order valence-corrected chi connectivity index (χ4v) is 4.46. The third-order valence-electron chi connectivity index (χ3n) is 5.00. The van der Waals surface area contributed by atoms with E-state index in [9.17, 15) is 13.2 Å². The van der Waals surface area contributed by atoms with Crippen molar-refractivity contribution in [2.45, 2.75) is 25.4 Å². The molecular formula is C17H25N3O3S. The first-order chi connectivity index (χ1) is 11.4. The molecule has 1 amide bonds. The fourth-order valence-electron chi connectivity index (χ4n) is 3.59. The molecule has 1 aromatic rings. The summed E-state index contributed by atoms with van der Waals surface area (Å²) in [6, 6.07) is 8.09.